The van der Waals surface area contributed by atoms with Crippen LogP contribution in [0.25, 0.3) is 0 Å². The Bertz CT molecular complexity index is 837. The van der Waals surface area contributed by atoms with Crippen LogP contribution in [0.4, 0.5) is 5.82 Å². The van der Waals surface area contributed by atoms with E-state index in [1.54, 1.807) is 17.3 Å². The van der Waals surface area contributed by atoms with Gasteiger partial charge in [0.05, 0.1) is 31.4 Å². The van der Waals surface area contributed by atoms with Crippen molar-refractivity contribution in [1.82, 2.24) is 20.2 Å². The van der Waals surface area contributed by atoms with Crippen LogP contribution < -0.4 is 10.2 Å². The molecule has 8 nitrogen and oxygen atoms in total. The Morgan fingerprint density at radius 2 is 2.03 bits per heavy atom. The summed E-state index contributed by atoms with van der Waals surface area (Å²) in [5.41, 5.74) is 1.76. The van der Waals surface area contributed by atoms with Gasteiger partial charge >= 0.3 is 0 Å². The second-order valence-electron chi connectivity index (χ2n) is 7.34. The summed E-state index contributed by atoms with van der Waals surface area (Å²) < 4.78 is 5.36. The number of nitrogens with one attached hydrogen (secondary N) is 1. The van der Waals surface area contributed by atoms with Crippen LogP contribution in [0.5, 0.6) is 0 Å². The first kappa shape index (κ1) is 19.3. The van der Waals surface area contributed by atoms with Crippen LogP contribution in [0.3, 0.4) is 0 Å². The second-order valence-corrected chi connectivity index (χ2v) is 7.34. The molecule has 2 aromatic rings. The quantitative estimate of drug-likeness (QED) is 0.785. The minimum atomic E-state index is -0.327. The molecule has 2 saturated heterocycles. The van der Waals surface area contributed by atoms with Crippen LogP contribution in [0.2, 0.25) is 0 Å². The van der Waals surface area contributed by atoms with Crippen molar-refractivity contribution in [1.29, 1.82) is 0 Å². The van der Waals surface area contributed by atoms with Crippen molar-refractivity contribution in [2.75, 3.05) is 37.7 Å². The van der Waals surface area contributed by atoms with Gasteiger partial charge in [-0.2, -0.15) is 0 Å². The van der Waals surface area contributed by atoms with Crippen LogP contribution in [0.1, 0.15) is 17.7 Å². The molecule has 0 aromatic carbocycles. The first-order chi connectivity index (χ1) is 14.2. The number of nitrogens with zero attached hydrogens (tertiary/aromatic N) is 4. The highest BCUT2D eigenvalue weighted by molar-refractivity contribution is 5.89. The van der Waals surface area contributed by atoms with Gasteiger partial charge in [0.2, 0.25) is 11.8 Å². The molecule has 0 aliphatic carbocycles. The minimum Gasteiger partial charge on any atom is -0.378 e. The summed E-state index contributed by atoms with van der Waals surface area (Å²) in [6, 6.07) is 9.57. The highest BCUT2D eigenvalue weighted by atomic mass is 16.5. The molecule has 0 radical (unpaired) electrons. The lowest BCUT2D eigenvalue weighted by molar-refractivity contribution is -0.129. The molecule has 2 aliphatic heterocycles. The summed E-state index contributed by atoms with van der Waals surface area (Å²) in [7, 11) is 0. The molecular formula is C21H25N5O3. The van der Waals surface area contributed by atoms with Crippen LogP contribution in [-0.2, 0) is 27.4 Å². The number of pyridine rings is 2. The fourth-order valence-electron chi connectivity index (χ4n) is 3.62. The zero-order valence-corrected chi connectivity index (χ0v) is 16.3. The van der Waals surface area contributed by atoms with Crippen molar-refractivity contribution >= 4 is 17.6 Å². The highest BCUT2D eigenvalue weighted by Crippen LogP contribution is 2.20. The monoisotopic (exact) mass is 395 g/mol. The molecule has 2 aliphatic rings. The molecular weight excluding hydrogens is 370 g/mol. The Balaban J connectivity index is 1.27. The van der Waals surface area contributed by atoms with E-state index in [0.29, 0.717) is 19.6 Å². The molecule has 0 unspecified atom stereocenters. The minimum absolute atomic E-state index is 0.00710. The van der Waals surface area contributed by atoms with Gasteiger partial charge < -0.3 is 19.9 Å². The van der Waals surface area contributed by atoms with Gasteiger partial charge in [0.15, 0.2) is 0 Å². The maximum absolute atomic E-state index is 12.5. The first-order valence-electron chi connectivity index (χ1n) is 9.92. The third-order valence-corrected chi connectivity index (χ3v) is 5.28. The fraction of sp³-hybridized carbons (Fsp3) is 0.429. The standard InChI is InChI=1S/C21H25N5O3/c27-20-11-17(14-26(20)15-18-3-1-2-6-22-18)21(28)24-13-16-4-5-19(23-12-16)25-7-9-29-10-8-25/h1-6,12,17H,7-11,13-15H2,(H,24,28)/t17-/m1/s1. The van der Waals surface area contributed by atoms with Crippen molar-refractivity contribution in [3.8, 4) is 0 Å². The SMILES string of the molecule is O=C(NCc1ccc(N2CCOCC2)nc1)[C@@H]1CC(=O)N(Cc2ccccn2)C1. The van der Waals surface area contributed by atoms with E-state index in [0.717, 1.165) is 43.4 Å². The third-order valence-electron chi connectivity index (χ3n) is 5.28. The van der Waals surface area contributed by atoms with Gasteiger partial charge in [-0.15, -0.1) is 0 Å². The molecule has 1 atom stereocenters. The van der Waals surface area contributed by atoms with E-state index in [1.807, 2.05) is 30.3 Å². The Kier molecular flexibility index (Phi) is 6.00. The van der Waals surface area contributed by atoms with E-state index >= 15 is 0 Å². The van der Waals surface area contributed by atoms with Crippen LogP contribution in [0, 0.1) is 5.92 Å². The first-order valence-corrected chi connectivity index (χ1v) is 9.92. The molecule has 0 spiro atoms. The molecule has 8 heteroatoms. The van der Waals surface area contributed by atoms with E-state index in [9.17, 15) is 9.59 Å². The number of amides is 2. The van der Waals surface area contributed by atoms with Gasteiger partial charge in [0.1, 0.15) is 5.82 Å². The van der Waals surface area contributed by atoms with Crippen LogP contribution in [0.15, 0.2) is 42.7 Å². The Labute approximate surface area is 169 Å². The number of hydrogen-bond acceptors (Lipinski definition) is 6. The van der Waals surface area contributed by atoms with Gasteiger partial charge in [-0.1, -0.05) is 12.1 Å². The predicted octanol–water partition coefficient (Wildman–Crippen LogP) is 0.978. The average Bonchev–Trinajstić information content (AvgIpc) is 3.14. The molecule has 2 aromatic heterocycles. The number of likely N-dealkylation sites (tertiary alicyclic amines) is 1. The van der Waals surface area contributed by atoms with E-state index in [-0.39, 0.29) is 24.2 Å². The number of rotatable bonds is 6. The Hall–Kier alpha value is -3.00. The number of carbonyl (C=O) groups excluding carboxylic acids is 2. The molecule has 2 fully saturated rings. The highest BCUT2D eigenvalue weighted by Gasteiger charge is 2.34. The second kappa shape index (κ2) is 9.00. The Morgan fingerprint density at radius 1 is 1.17 bits per heavy atom. The molecule has 4 heterocycles. The number of aromatic nitrogens is 2. The summed E-state index contributed by atoms with van der Waals surface area (Å²) in [6.07, 6.45) is 3.74. The number of anilines is 1. The van der Waals surface area contributed by atoms with Crippen LogP contribution >= 0.6 is 0 Å². The van der Waals surface area contributed by atoms with Crippen molar-refractivity contribution < 1.29 is 14.3 Å². The van der Waals surface area contributed by atoms with Gasteiger partial charge in [0.25, 0.3) is 0 Å². The lowest BCUT2D eigenvalue weighted by atomic mass is 10.1. The summed E-state index contributed by atoms with van der Waals surface area (Å²) >= 11 is 0. The predicted molar refractivity (Wildman–Crippen MR) is 107 cm³/mol. The molecule has 1 N–H and O–H groups in total. The summed E-state index contributed by atoms with van der Waals surface area (Å²) in [5, 5.41) is 2.94. The van der Waals surface area contributed by atoms with E-state index in [2.05, 4.69) is 20.2 Å². The van der Waals surface area contributed by atoms with Gasteiger partial charge in [-0.25, -0.2) is 4.98 Å². The van der Waals surface area contributed by atoms with Crippen molar-refractivity contribution in [3.63, 3.8) is 0 Å². The molecule has 0 saturated carbocycles. The molecule has 4 rings (SSSR count). The summed E-state index contributed by atoms with van der Waals surface area (Å²) in [4.78, 5) is 37.4. The Morgan fingerprint density at radius 3 is 2.76 bits per heavy atom. The van der Waals surface area contributed by atoms with Gasteiger partial charge in [-0.05, 0) is 23.8 Å². The largest absolute Gasteiger partial charge is 0.378 e. The zero-order chi connectivity index (χ0) is 20.1. The molecule has 152 valence electrons. The van der Waals surface area contributed by atoms with E-state index in [1.165, 1.54) is 0 Å². The lowest BCUT2D eigenvalue weighted by Gasteiger charge is -2.27. The number of hydrogen-bond donors (Lipinski definition) is 1. The van der Waals surface area contributed by atoms with Crippen LogP contribution in [-0.4, -0.2) is 59.5 Å². The fourth-order valence-corrected chi connectivity index (χ4v) is 3.62. The number of morpholine rings is 1. The lowest BCUT2D eigenvalue weighted by Crippen LogP contribution is -2.36. The number of carbonyl (C=O) groups is 2. The van der Waals surface area contributed by atoms with Gasteiger partial charge in [0, 0.05) is 45.0 Å². The van der Waals surface area contributed by atoms with E-state index < -0.39 is 0 Å². The number of ether oxygens (including phenoxy) is 1. The summed E-state index contributed by atoms with van der Waals surface area (Å²) in [6.45, 7) is 4.39. The maximum Gasteiger partial charge on any atom is 0.225 e. The van der Waals surface area contributed by atoms with Crippen molar-refractivity contribution in [3.05, 3.63) is 54.0 Å². The molecule has 2 amide bonds. The van der Waals surface area contributed by atoms with Crippen molar-refractivity contribution in [2.45, 2.75) is 19.5 Å². The van der Waals surface area contributed by atoms with E-state index in [4.69, 9.17) is 4.74 Å². The topological polar surface area (TPSA) is 87.7 Å². The third kappa shape index (κ3) is 4.89. The normalized spacial score (nSPS) is 19.4. The molecule has 29 heavy (non-hydrogen) atoms. The maximum atomic E-state index is 12.5. The molecule has 0 bridgehead atoms. The van der Waals surface area contributed by atoms with Gasteiger partial charge in [-0.3, -0.25) is 14.6 Å². The smallest absolute Gasteiger partial charge is 0.225 e. The summed E-state index contributed by atoms with van der Waals surface area (Å²) in [5.74, 6) is 0.494. The zero-order valence-electron chi connectivity index (χ0n) is 16.3. The average molecular weight is 395 g/mol. The van der Waals surface area contributed by atoms with Crippen molar-refractivity contribution in [2.24, 2.45) is 5.92 Å².